The number of benzene rings is 1. The lowest BCUT2D eigenvalue weighted by molar-refractivity contribution is -0.115. The van der Waals surface area contributed by atoms with Crippen LogP contribution in [0.5, 0.6) is 0 Å². The summed E-state index contributed by atoms with van der Waals surface area (Å²) >= 11 is 5.85. The summed E-state index contributed by atoms with van der Waals surface area (Å²) in [6.07, 6.45) is 3.86. The Morgan fingerprint density at radius 3 is 2.88 bits per heavy atom. The molecule has 2 rings (SSSR count). The summed E-state index contributed by atoms with van der Waals surface area (Å²) in [6.45, 7) is 1.87. The van der Waals surface area contributed by atoms with Crippen LogP contribution in [0, 0.1) is 6.92 Å². The van der Waals surface area contributed by atoms with Crippen LogP contribution in [0.3, 0.4) is 0 Å². The van der Waals surface area contributed by atoms with Gasteiger partial charge in [-0.1, -0.05) is 17.7 Å². The van der Waals surface area contributed by atoms with Gasteiger partial charge in [0.05, 0.1) is 0 Å². The summed E-state index contributed by atoms with van der Waals surface area (Å²) in [5.74, 6) is -0.299. The van der Waals surface area contributed by atoms with Gasteiger partial charge in [0.25, 0.3) is 5.91 Å². The number of aryl methyl sites for hydroxylation is 1. The molecule has 1 aromatic rings. The number of hydrogen-bond acceptors (Lipinski definition) is 3. The number of amides is 1. The number of halogens is 1. The molecule has 1 amide bonds. The number of carbonyl (C=O) groups excluding carboxylic acids is 1. The van der Waals surface area contributed by atoms with Gasteiger partial charge >= 0.3 is 0 Å². The molecule has 17 heavy (non-hydrogen) atoms. The zero-order valence-corrected chi connectivity index (χ0v) is 9.82. The first-order chi connectivity index (χ1) is 8.16. The van der Waals surface area contributed by atoms with Crippen molar-refractivity contribution in [3.05, 3.63) is 53.3 Å². The summed E-state index contributed by atoms with van der Waals surface area (Å²) in [4.78, 5) is 11.8. The molecule has 0 unspecified atom stereocenters. The second-order valence-electron chi connectivity index (χ2n) is 3.42. The summed E-state index contributed by atoms with van der Waals surface area (Å²) < 4.78 is 9.83. The minimum atomic E-state index is -0.389. The lowest BCUT2D eigenvalue weighted by Crippen LogP contribution is -2.17. The van der Waals surface area contributed by atoms with Gasteiger partial charge in [-0.3, -0.25) is 4.79 Å². The SMILES string of the molecule is Cc1ccc(Cl)cc1NC(=O)C1=COC=CO1. The molecule has 0 aromatic heterocycles. The van der Waals surface area contributed by atoms with E-state index in [-0.39, 0.29) is 11.7 Å². The molecule has 1 N–H and O–H groups in total. The van der Waals surface area contributed by atoms with Crippen LogP contribution in [-0.4, -0.2) is 5.91 Å². The molecule has 0 fully saturated rings. The van der Waals surface area contributed by atoms with Crippen LogP contribution in [0.2, 0.25) is 5.02 Å². The first-order valence-corrected chi connectivity index (χ1v) is 5.29. The Morgan fingerprint density at radius 2 is 2.18 bits per heavy atom. The van der Waals surface area contributed by atoms with Gasteiger partial charge in [-0.15, -0.1) is 0 Å². The van der Waals surface area contributed by atoms with Crippen molar-refractivity contribution in [2.24, 2.45) is 0 Å². The number of ether oxygens (including phenoxy) is 2. The van der Waals surface area contributed by atoms with Crippen molar-refractivity contribution < 1.29 is 14.3 Å². The molecule has 1 heterocycles. The molecule has 1 aliphatic rings. The van der Waals surface area contributed by atoms with Crippen molar-refractivity contribution >= 4 is 23.2 Å². The van der Waals surface area contributed by atoms with E-state index in [1.807, 2.05) is 13.0 Å². The average Bonchev–Trinajstić information content (AvgIpc) is 2.35. The van der Waals surface area contributed by atoms with E-state index in [0.717, 1.165) is 5.56 Å². The summed E-state index contributed by atoms with van der Waals surface area (Å²) in [6, 6.07) is 5.26. The van der Waals surface area contributed by atoms with Crippen LogP contribution in [0.25, 0.3) is 0 Å². The van der Waals surface area contributed by atoms with Crippen LogP contribution >= 0.6 is 11.6 Å². The monoisotopic (exact) mass is 251 g/mol. The normalized spacial score (nSPS) is 13.4. The zero-order chi connectivity index (χ0) is 12.3. The van der Waals surface area contributed by atoms with Crippen molar-refractivity contribution in [1.29, 1.82) is 0 Å². The zero-order valence-electron chi connectivity index (χ0n) is 9.07. The van der Waals surface area contributed by atoms with Gasteiger partial charge in [0.15, 0.2) is 0 Å². The van der Waals surface area contributed by atoms with E-state index in [9.17, 15) is 4.79 Å². The van der Waals surface area contributed by atoms with Crippen molar-refractivity contribution in [2.45, 2.75) is 6.92 Å². The molecule has 0 bridgehead atoms. The van der Waals surface area contributed by atoms with Gasteiger partial charge in [-0.25, -0.2) is 0 Å². The number of anilines is 1. The third-order valence-corrected chi connectivity index (χ3v) is 2.41. The number of hydrogen-bond donors (Lipinski definition) is 1. The Labute approximate surface area is 103 Å². The van der Waals surface area contributed by atoms with E-state index < -0.39 is 0 Å². The minimum absolute atomic E-state index is 0.0897. The van der Waals surface area contributed by atoms with Crippen LogP contribution in [0.4, 0.5) is 5.69 Å². The predicted octanol–water partition coefficient (Wildman–Crippen LogP) is 2.95. The highest BCUT2D eigenvalue weighted by Gasteiger charge is 2.14. The van der Waals surface area contributed by atoms with Crippen molar-refractivity contribution in [3.63, 3.8) is 0 Å². The molecule has 0 saturated carbocycles. The fourth-order valence-electron chi connectivity index (χ4n) is 1.28. The van der Waals surface area contributed by atoms with E-state index >= 15 is 0 Å². The average molecular weight is 252 g/mol. The minimum Gasteiger partial charge on any atom is -0.465 e. The largest absolute Gasteiger partial charge is 0.465 e. The maximum absolute atomic E-state index is 11.8. The number of carbonyl (C=O) groups is 1. The first kappa shape index (κ1) is 11.5. The van der Waals surface area contributed by atoms with Gasteiger partial charge in [-0.2, -0.15) is 0 Å². The second kappa shape index (κ2) is 4.93. The quantitative estimate of drug-likeness (QED) is 0.879. The molecule has 0 radical (unpaired) electrons. The Balaban J connectivity index is 2.12. The van der Waals surface area contributed by atoms with Crippen LogP contribution in [0.15, 0.2) is 42.7 Å². The molecule has 0 spiro atoms. The highest BCUT2D eigenvalue weighted by atomic mass is 35.5. The fraction of sp³-hybridized carbons (Fsp3) is 0.0833. The molecule has 1 aliphatic heterocycles. The maximum atomic E-state index is 11.8. The van der Waals surface area contributed by atoms with E-state index in [2.05, 4.69) is 5.32 Å². The molecule has 0 aliphatic carbocycles. The van der Waals surface area contributed by atoms with Gasteiger partial charge in [0, 0.05) is 10.7 Å². The standard InChI is InChI=1S/C12H10ClNO3/c1-8-2-3-9(13)6-10(8)14-12(15)11-7-16-4-5-17-11/h2-7H,1H3,(H,14,15). The Bertz CT molecular complexity index is 508. The summed E-state index contributed by atoms with van der Waals surface area (Å²) in [5.41, 5.74) is 1.55. The second-order valence-corrected chi connectivity index (χ2v) is 3.86. The maximum Gasteiger partial charge on any atom is 0.294 e. The lowest BCUT2D eigenvalue weighted by atomic mass is 10.2. The van der Waals surface area contributed by atoms with Gasteiger partial charge < -0.3 is 14.8 Å². The number of nitrogens with one attached hydrogen (secondary N) is 1. The van der Waals surface area contributed by atoms with E-state index in [1.54, 1.807) is 12.1 Å². The predicted molar refractivity (Wildman–Crippen MR) is 64.2 cm³/mol. The first-order valence-electron chi connectivity index (χ1n) is 4.91. The molecule has 5 heteroatoms. The van der Waals surface area contributed by atoms with Gasteiger partial charge in [0.1, 0.15) is 18.8 Å². The number of rotatable bonds is 2. The van der Waals surface area contributed by atoms with Crippen molar-refractivity contribution in [2.75, 3.05) is 5.32 Å². The molecule has 4 nitrogen and oxygen atoms in total. The highest BCUT2D eigenvalue weighted by Crippen LogP contribution is 2.21. The Hall–Kier alpha value is -1.94. The third-order valence-electron chi connectivity index (χ3n) is 2.18. The molecular formula is C12H10ClNO3. The Morgan fingerprint density at radius 1 is 1.35 bits per heavy atom. The molecule has 0 atom stereocenters. The van der Waals surface area contributed by atoms with Gasteiger partial charge in [0.2, 0.25) is 5.76 Å². The van der Waals surface area contributed by atoms with Crippen LogP contribution in [0.1, 0.15) is 5.56 Å². The fourth-order valence-corrected chi connectivity index (χ4v) is 1.45. The van der Waals surface area contributed by atoms with Crippen LogP contribution < -0.4 is 5.32 Å². The van der Waals surface area contributed by atoms with Gasteiger partial charge in [-0.05, 0) is 24.6 Å². The van der Waals surface area contributed by atoms with Crippen molar-refractivity contribution in [3.8, 4) is 0 Å². The van der Waals surface area contributed by atoms with E-state index in [4.69, 9.17) is 21.1 Å². The topological polar surface area (TPSA) is 47.6 Å². The van der Waals surface area contributed by atoms with E-state index in [0.29, 0.717) is 10.7 Å². The molecule has 0 saturated heterocycles. The van der Waals surface area contributed by atoms with Crippen molar-refractivity contribution in [1.82, 2.24) is 0 Å². The Kier molecular flexibility index (Phi) is 3.35. The highest BCUT2D eigenvalue weighted by molar-refractivity contribution is 6.31. The molecular weight excluding hydrogens is 242 g/mol. The summed E-state index contributed by atoms with van der Waals surface area (Å²) in [5, 5.41) is 3.25. The van der Waals surface area contributed by atoms with E-state index in [1.165, 1.54) is 18.8 Å². The molecule has 88 valence electrons. The third kappa shape index (κ3) is 2.79. The smallest absolute Gasteiger partial charge is 0.294 e. The summed E-state index contributed by atoms with van der Waals surface area (Å²) in [7, 11) is 0. The lowest BCUT2D eigenvalue weighted by Gasteiger charge is -2.11. The van der Waals surface area contributed by atoms with Crippen LogP contribution in [-0.2, 0) is 14.3 Å². The molecule has 1 aromatic carbocycles.